The number of sulfonamides is 1. The number of aryl methyl sites for hydroxylation is 1. The van der Waals surface area contributed by atoms with Gasteiger partial charge in [-0.2, -0.15) is 0 Å². The highest BCUT2D eigenvalue weighted by Gasteiger charge is 2.21. The Balaban J connectivity index is 3.17. The number of hydrogen-bond donors (Lipinski definition) is 2. The van der Waals surface area contributed by atoms with Crippen LogP contribution in [0.3, 0.4) is 0 Å². The van der Waals surface area contributed by atoms with E-state index < -0.39 is 16.0 Å². The number of nitrogens with one attached hydrogen (secondary N) is 1. The van der Waals surface area contributed by atoms with Crippen molar-refractivity contribution in [3.63, 3.8) is 0 Å². The predicted octanol–water partition coefficient (Wildman–Crippen LogP) is 0.797. The van der Waals surface area contributed by atoms with E-state index in [2.05, 4.69) is 4.72 Å². The Labute approximate surface area is 119 Å². The topological polar surface area (TPSA) is 98.5 Å². The van der Waals surface area contributed by atoms with Crippen molar-refractivity contribution in [2.45, 2.75) is 31.7 Å². The Morgan fingerprint density at radius 2 is 2.10 bits per heavy atom. The SMILES string of the molecule is CCOC(=O)c1ccc(C)c(S(=O)(=O)N[C@@H](C)CN)c1. The highest BCUT2D eigenvalue weighted by molar-refractivity contribution is 7.89. The van der Waals surface area contributed by atoms with Gasteiger partial charge in [0.2, 0.25) is 10.0 Å². The zero-order valence-corrected chi connectivity index (χ0v) is 12.7. The molecule has 0 heterocycles. The van der Waals surface area contributed by atoms with Gasteiger partial charge < -0.3 is 10.5 Å². The summed E-state index contributed by atoms with van der Waals surface area (Å²) in [7, 11) is -3.71. The summed E-state index contributed by atoms with van der Waals surface area (Å²) < 4.78 is 31.8. The normalized spacial score (nSPS) is 13.0. The molecule has 7 heteroatoms. The van der Waals surface area contributed by atoms with Gasteiger partial charge in [-0.15, -0.1) is 0 Å². The summed E-state index contributed by atoms with van der Waals surface area (Å²) in [6.07, 6.45) is 0. The van der Waals surface area contributed by atoms with E-state index in [4.69, 9.17) is 10.5 Å². The number of nitrogens with two attached hydrogens (primary N) is 1. The summed E-state index contributed by atoms with van der Waals surface area (Å²) >= 11 is 0. The van der Waals surface area contributed by atoms with Gasteiger partial charge >= 0.3 is 5.97 Å². The summed E-state index contributed by atoms with van der Waals surface area (Å²) in [5.74, 6) is -0.546. The first-order valence-corrected chi connectivity index (χ1v) is 7.80. The fourth-order valence-electron chi connectivity index (χ4n) is 1.61. The average Bonchev–Trinajstić information content (AvgIpc) is 2.38. The molecule has 0 aliphatic carbocycles. The number of rotatable bonds is 6. The number of carbonyl (C=O) groups is 1. The molecule has 1 aromatic rings. The average molecular weight is 300 g/mol. The van der Waals surface area contributed by atoms with Gasteiger partial charge in [0, 0.05) is 12.6 Å². The molecule has 0 saturated carbocycles. The van der Waals surface area contributed by atoms with Crippen molar-refractivity contribution >= 4 is 16.0 Å². The lowest BCUT2D eigenvalue weighted by Crippen LogP contribution is -2.38. The van der Waals surface area contributed by atoms with E-state index in [1.807, 2.05) is 0 Å². The first kappa shape index (κ1) is 16.6. The maximum Gasteiger partial charge on any atom is 0.338 e. The molecular formula is C13H20N2O4S. The number of benzene rings is 1. The van der Waals surface area contributed by atoms with Gasteiger partial charge in [0.05, 0.1) is 17.1 Å². The van der Waals surface area contributed by atoms with Crippen LogP contribution in [-0.4, -0.2) is 33.6 Å². The van der Waals surface area contributed by atoms with E-state index in [1.54, 1.807) is 32.9 Å². The highest BCUT2D eigenvalue weighted by Crippen LogP contribution is 2.18. The summed E-state index contributed by atoms with van der Waals surface area (Å²) in [6, 6.07) is 4.05. The van der Waals surface area contributed by atoms with Crippen LogP contribution in [0.25, 0.3) is 0 Å². The minimum atomic E-state index is -3.71. The van der Waals surface area contributed by atoms with Crippen molar-refractivity contribution in [1.29, 1.82) is 0 Å². The first-order valence-electron chi connectivity index (χ1n) is 6.32. The quantitative estimate of drug-likeness (QED) is 0.757. The van der Waals surface area contributed by atoms with Crippen LogP contribution in [0.15, 0.2) is 23.1 Å². The zero-order valence-electron chi connectivity index (χ0n) is 11.8. The molecule has 0 amide bonds. The predicted molar refractivity (Wildman–Crippen MR) is 76.0 cm³/mol. The molecule has 0 saturated heterocycles. The van der Waals surface area contributed by atoms with Crippen molar-refractivity contribution in [1.82, 2.24) is 4.72 Å². The summed E-state index contributed by atoms with van der Waals surface area (Å²) in [6.45, 7) is 5.44. The van der Waals surface area contributed by atoms with Crippen LogP contribution in [0, 0.1) is 6.92 Å². The third-order valence-electron chi connectivity index (χ3n) is 2.70. The molecule has 0 unspecified atom stereocenters. The minimum Gasteiger partial charge on any atom is -0.462 e. The largest absolute Gasteiger partial charge is 0.462 e. The van der Waals surface area contributed by atoms with Gasteiger partial charge in [0.1, 0.15) is 0 Å². The lowest BCUT2D eigenvalue weighted by atomic mass is 10.1. The molecular weight excluding hydrogens is 280 g/mol. The molecule has 1 atom stereocenters. The Hall–Kier alpha value is -1.44. The van der Waals surface area contributed by atoms with Crippen LogP contribution in [0.4, 0.5) is 0 Å². The molecule has 3 N–H and O–H groups in total. The van der Waals surface area contributed by atoms with Crippen molar-refractivity contribution in [3.05, 3.63) is 29.3 Å². The third-order valence-corrected chi connectivity index (χ3v) is 4.43. The van der Waals surface area contributed by atoms with Crippen molar-refractivity contribution in [2.24, 2.45) is 5.73 Å². The van der Waals surface area contributed by atoms with E-state index >= 15 is 0 Å². The molecule has 0 fully saturated rings. The van der Waals surface area contributed by atoms with Crippen LogP contribution < -0.4 is 10.5 Å². The smallest absolute Gasteiger partial charge is 0.338 e. The second-order valence-electron chi connectivity index (χ2n) is 4.46. The Kier molecular flexibility index (Phi) is 5.67. The molecule has 0 aromatic heterocycles. The maximum absolute atomic E-state index is 12.2. The third kappa shape index (κ3) is 4.03. The number of carbonyl (C=O) groups excluding carboxylic acids is 1. The lowest BCUT2D eigenvalue weighted by molar-refractivity contribution is 0.0526. The molecule has 1 aromatic carbocycles. The molecule has 0 bridgehead atoms. The summed E-state index contributed by atoms with van der Waals surface area (Å²) in [4.78, 5) is 11.7. The van der Waals surface area contributed by atoms with E-state index in [0.717, 1.165) is 0 Å². The zero-order chi connectivity index (χ0) is 15.3. The molecule has 112 valence electrons. The molecule has 0 aliphatic heterocycles. The van der Waals surface area contributed by atoms with Crippen molar-refractivity contribution in [2.75, 3.05) is 13.2 Å². The van der Waals surface area contributed by atoms with Gasteiger partial charge in [-0.05, 0) is 38.5 Å². The maximum atomic E-state index is 12.2. The monoisotopic (exact) mass is 300 g/mol. The molecule has 0 radical (unpaired) electrons. The van der Waals surface area contributed by atoms with Gasteiger partial charge in [-0.25, -0.2) is 17.9 Å². The summed E-state index contributed by atoms with van der Waals surface area (Å²) in [5, 5.41) is 0. The van der Waals surface area contributed by atoms with Crippen LogP contribution in [0.5, 0.6) is 0 Å². The number of ether oxygens (including phenoxy) is 1. The second-order valence-corrected chi connectivity index (χ2v) is 6.14. The second kappa shape index (κ2) is 6.83. The molecule has 0 aliphatic rings. The lowest BCUT2D eigenvalue weighted by Gasteiger charge is -2.14. The van der Waals surface area contributed by atoms with Gasteiger partial charge in [0.25, 0.3) is 0 Å². The van der Waals surface area contributed by atoms with E-state index in [9.17, 15) is 13.2 Å². The van der Waals surface area contributed by atoms with Crippen LogP contribution in [0.2, 0.25) is 0 Å². The number of esters is 1. The van der Waals surface area contributed by atoms with Crippen LogP contribution >= 0.6 is 0 Å². The van der Waals surface area contributed by atoms with Crippen LogP contribution in [0.1, 0.15) is 29.8 Å². The van der Waals surface area contributed by atoms with E-state index in [0.29, 0.717) is 5.56 Å². The van der Waals surface area contributed by atoms with Crippen molar-refractivity contribution in [3.8, 4) is 0 Å². The molecule has 1 rings (SSSR count). The van der Waals surface area contributed by atoms with E-state index in [-0.39, 0.29) is 29.7 Å². The fourth-order valence-corrected chi connectivity index (χ4v) is 3.13. The van der Waals surface area contributed by atoms with Gasteiger partial charge in [-0.3, -0.25) is 0 Å². The summed E-state index contributed by atoms with van der Waals surface area (Å²) in [5.41, 5.74) is 6.17. The minimum absolute atomic E-state index is 0.0587. The Morgan fingerprint density at radius 3 is 2.65 bits per heavy atom. The van der Waals surface area contributed by atoms with Crippen molar-refractivity contribution < 1.29 is 17.9 Å². The molecule has 6 nitrogen and oxygen atoms in total. The van der Waals surface area contributed by atoms with Gasteiger partial charge in [-0.1, -0.05) is 6.07 Å². The van der Waals surface area contributed by atoms with Gasteiger partial charge in [0.15, 0.2) is 0 Å². The Bertz CT molecular complexity index is 584. The standard InChI is InChI=1S/C13H20N2O4S/c1-4-19-13(16)11-6-5-9(2)12(7-11)20(17,18)15-10(3)8-14/h5-7,10,15H,4,8,14H2,1-3H3/t10-/m0/s1. The molecule has 20 heavy (non-hydrogen) atoms. The highest BCUT2D eigenvalue weighted by atomic mass is 32.2. The first-order chi connectivity index (χ1) is 9.31. The molecule has 0 spiro atoms. The number of hydrogen-bond acceptors (Lipinski definition) is 5. The van der Waals surface area contributed by atoms with Crippen LogP contribution in [-0.2, 0) is 14.8 Å². The fraction of sp³-hybridized carbons (Fsp3) is 0.462. The van der Waals surface area contributed by atoms with E-state index in [1.165, 1.54) is 6.07 Å². The Morgan fingerprint density at radius 1 is 1.45 bits per heavy atom.